The summed E-state index contributed by atoms with van der Waals surface area (Å²) in [7, 11) is 1.66. The smallest absolute Gasteiger partial charge is 0.159 e. The first kappa shape index (κ1) is 13.9. The van der Waals surface area contributed by atoms with Crippen molar-refractivity contribution in [2.45, 2.75) is 45.6 Å². The number of aromatic nitrogens is 2. The molecule has 0 aromatic carbocycles. The van der Waals surface area contributed by atoms with Crippen LogP contribution >= 0.6 is 0 Å². The standard InChI is InChI=1S/C12H22N4O/c1-6-8(17-5)11-14-9(12(2,3)4)7-10(15-11)16-13/h7-8H,6,13H2,1-5H3,(H,14,15,16). The topological polar surface area (TPSA) is 73.1 Å². The number of methoxy groups -OCH3 is 1. The third-order valence-electron chi connectivity index (χ3n) is 2.60. The molecule has 1 unspecified atom stereocenters. The Kier molecular flexibility index (Phi) is 4.42. The molecule has 1 atom stereocenters. The number of ether oxygens (including phenoxy) is 1. The first-order valence-corrected chi connectivity index (χ1v) is 5.81. The Labute approximate surface area is 103 Å². The minimum absolute atomic E-state index is 0.0463. The van der Waals surface area contributed by atoms with Gasteiger partial charge in [-0.15, -0.1) is 0 Å². The summed E-state index contributed by atoms with van der Waals surface area (Å²) in [5.41, 5.74) is 3.48. The lowest BCUT2D eigenvalue weighted by Crippen LogP contribution is -2.20. The summed E-state index contributed by atoms with van der Waals surface area (Å²) in [5, 5.41) is 0. The van der Waals surface area contributed by atoms with E-state index in [4.69, 9.17) is 10.6 Å². The zero-order valence-corrected chi connectivity index (χ0v) is 11.2. The molecule has 1 heterocycles. The van der Waals surface area contributed by atoms with Crippen LogP contribution in [0.3, 0.4) is 0 Å². The van der Waals surface area contributed by atoms with Crippen molar-refractivity contribution in [2.24, 2.45) is 5.84 Å². The fourth-order valence-corrected chi connectivity index (χ4v) is 1.52. The Morgan fingerprint density at radius 2 is 2.06 bits per heavy atom. The van der Waals surface area contributed by atoms with Crippen molar-refractivity contribution in [1.82, 2.24) is 9.97 Å². The monoisotopic (exact) mass is 238 g/mol. The van der Waals surface area contributed by atoms with Gasteiger partial charge in [-0.25, -0.2) is 15.8 Å². The van der Waals surface area contributed by atoms with Gasteiger partial charge in [-0.2, -0.15) is 0 Å². The number of hydrazine groups is 1. The minimum atomic E-state index is -0.0931. The van der Waals surface area contributed by atoms with Crippen molar-refractivity contribution in [2.75, 3.05) is 12.5 Å². The molecule has 0 saturated heterocycles. The SMILES string of the molecule is CCC(OC)c1nc(NN)cc(C(C)(C)C)n1. The molecule has 0 aliphatic rings. The molecule has 1 aromatic rings. The lowest BCUT2D eigenvalue weighted by Gasteiger charge is -2.21. The molecular formula is C12H22N4O. The summed E-state index contributed by atoms with van der Waals surface area (Å²) < 4.78 is 5.36. The normalized spacial score (nSPS) is 13.5. The van der Waals surface area contributed by atoms with Gasteiger partial charge in [0.25, 0.3) is 0 Å². The summed E-state index contributed by atoms with van der Waals surface area (Å²) in [5.74, 6) is 6.73. The molecule has 0 fully saturated rings. The number of anilines is 1. The Morgan fingerprint density at radius 3 is 2.47 bits per heavy atom. The average Bonchev–Trinajstić information content (AvgIpc) is 2.29. The zero-order valence-electron chi connectivity index (χ0n) is 11.2. The highest BCUT2D eigenvalue weighted by Crippen LogP contribution is 2.25. The largest absolute Gasteiger partial charge is 0.373 e. The molecule has 3 N–H and O–H groups in total. The molecule has 0 bridgehead atoms. The second-order valence-corrected chi connectivity index (χ2v) is 5.02. The minimum Gasteiger partial charge on any atom is -0.373 e. The van der Waals surface area contributed by atoms with Crippen LogP contribution in [0.25, 0.3) is 0 Å². The highest BCUT2D eigenvalue weighted by atomic mass is 16.5. The fourth-order valence-electron chi connectivity index (χ4n) is 1.52. The van der Waals surface area contributed by atoms with E-state index in [0.29, 0.717) is 11.6 Å². The molecule has 1 aromatic heterocycles. The van der Waals surface area contributed by atoms with Crippen LogP contribution in [-0.2, 0) is 10.2 Å². The van der Waals surface area contributed by atoms with Crippen molar-refractivity contribution in [3.8, 4) is 0 Å². The van der Waals surface area contributed by atoms with Gasteiger partial charge in [-0.1, -0.05) is 27.7 Å². The molecule has 5 heteroatoms. The van der Waals surface area contributed by atoms with Crippen molar-refractivity contribution < 1.29 is 4.74 Å². The van der Waals surface area contributed by atoms with Crippen LogP contribution in [0.1, 0.15) is 51.7 Å². The molecular weight excluding hydrogens is 216 g/mol. The maximum Gasteiger partial charge on any atom is 0.159 e. The van der Waals surface area contributed by atoms with Crippen LogP contribution in [0.5, 0.6) is 0 Å². The van der Waals surface area contributed by atoms with Gasteiger partial charge >= 0.3 is 0 Å². The highest BCUT2D eigenvalue weighted by Gasteiger charge is 2.20. The van der Waals surface area contributed by atoms with Crippen molar-refractivity contribution in [3.05, 3.63) is 17.6 Å². The summed E-state index contributed by atoms with van der Waals surface area (Å²) in [6.45, 7) is 8.35. The molecule has 0 amide bonds. The van der Waals surface area contributed by atoms with E-state index in [9.17, 15) is 0 Å². The Balaban J connectivity index is 3.22. The number of hydrogen-bond donors (Lipinski definition) is 2. The fraction of sp³-hybridized carbons (Fsp3) is 0.667. The van der Waals surface area contributed by atoms with Crippen LogP contribution in [-0.4, -0.2) is 17.1 Å². The summed E-state index contributed by atoms with van der Waals surface area (Å²) in [6.07, 6.45) is 0.734. The number of nitrogens with one attached hydrogen (secondary N) is 1. The molecule has 0 spiro atoms. The lowest BCUT2D eigenvalue weighted by molar-refractivity contribution is 0.0923. The molecule has 96 valence electrons. The van der Waals surface area contributed by atoms with E-state index in [2.05, 4.69) is 36.2 Å². The van der Waals surface area contributed by atoms with Crippen molar-refractivity contribution in [1.29, 1.82) is 0 Å². The quantitative estimate of drug-likeness (QED) is 0.621. The number of nitrogens with zero attached hydrogens (tertiary/aromatic N) is 2. The third-order valence-corrected chi connectivity index (χ3v) is 2.60. The van der Waals surface area contributed by atoms with E-state index in [0.717, 1.165) is 12.1 Å². The lowest BCUT2D eigenvalue weighted by atomic mass is 9.92. The maximum absolute atomic E-state index is 5.43. The molecule has 1 rings (SSSR count). The van der Waals surface area contributed by atoms with Gasteiger partial charge in [-0.3, -0.25) is 0 Å². The first-order chi connectivity index (χ1) is 7.92. The Hall–Kier alpha value is -1.20. The van der Waals surface area contributed by atoms with Crippen LogP contribution in [0.4, 0.5) is 5.82 Å². The predicted octanol–water partition coefficient (Wildman–Crippen LogP) is 2.16. The van der Waals surface area contributed by atoms with Gasteiger partial charge in [0.15, 0.2) is 5.82 Å². The van der Waals surface area contributed by atoms with E-state index in [1.807, 2.05) is 13.0 Å². The highest BCUT2D eigenvalue weighted by molar-refractivity contribution is 5.36. The van der Waals surface area contributed by atoms with E-state index in [1.54, 1.807) is 7.11 Å². The van der Waals surface area contributed by atoms with Gasteiger partial charge in [0, 0.05) is 18.6 Å². The zero-order chi connectivity index (χ0) is 13.1. The number of hydrogen-bond acceptors (Lipinski definition) is 5. The van der Waals surface area contributed by atoms with Gasteiger partial charge in [-0.05, 0) is 6.42 Å². The number of rotatable bonds is 4. The maximum atomic E-state index is 5.43. The summed E-state index contributed by atoms with van der Waals surface area (Å²) in [6, 6.07) is 1.87. The van der Waals surface area contributed by atoms with E-state index < -0.39 is 0 Å². The molecule has 0 aliphatic heterocycles. The third kappa shape index (κ3) is 3.38. The van der Waals surface area contributed by atoms with E-state index >= 15 is 0 Å². The molecule has 0 aliphatic carbocycles. The average molecular weight is 238 g/mol. The van der Waals surface area contributed by atoms with Crippen molar-refractivity contribution in [3.63, 3.8) is 0 Å². The van der Waals surface area contributed by atoms with Gasteiger partial charge < -0.3 is 10.2 Å². The first-order valence-electron chi connectivity index (χ1n) is 5.81. The van der Waals surface area contributed by atoms with E-state index in [1.165, 1.54) is 0 Å². The second kappa shape index (κ2) is 5.42. The summed E-state index contributed by atoms with van der Waals surface area (Å²) in [4.78, 5) is 8.90. The van der Waals surface area contributed by atoms with Crippen molar-refractivity contribution >= 4 is 5.82 Å². The van der Waals surface area contributed by atoms with Gasteiger partial charge in [0.1, 0.15) is 11.9 Å². The number of nitrogens with two attached hydrogens (primary N) is 1. The molecule has 0 saturated carbocycles. The Morgan fingerprint density at radius 1 is 1.41 bits per heavy atom. The van der Waals surface area contributed by atoms with Gasteiger partial charge in [0.05, 0.1) is 5.69 Å². The van der Waals surface area contributed by atoms with Crippen LogP contribution in [0.15, 0.2) is 6.07 Å². The molecule has 17 heavy (non-hydrogen) atoms. The second-order valence-electron chi connectivity index (χ2n) is 5.02. The van der Waals surface area contributed by atoms with E-state index in [-0.39, 0.29) is 11.5 Å². The number of nitrogen functional groups attached to an aromatic ring is 1. The van der Waals surface area contributed by atoms with Crippen LogP contribution < -0.4 is 11.3 Å². The molecule has 0 radical (unpaired) electrons. The van der Waals surface area contributed by atoms with Gasteiger partial charge in [0.2, 0.25) is 0 Å². The molecule has 5 nitrogen and oxygen atoms in total. The Bertz CT molecular complexity index is 369. The summed E-state index contributed by atoms with van der Waals surface area (Å²) >= 11 is 0. The van der Waals surface area contributed by atoms with Crippen LogP contribution in [0, 0.1) is 0 Å². The predicted molar refractivity (Wildman–Crippen MR) is 68.6 cm³/mol. The van der Waals surface area contributed by atoms with Crippen LogP contribution in [0.2, 0.25) is 0 Å².